The summed E-state index contributed by atoms with van der Waals surface area (Å²) in [6.45, 7) is 1.06. The van der Waals surface area contributed by atoms with Crippen LogP contribution in [0.25, 0.3) is 0 Å². The molecule has 80 valence electrons. The monoisotopic (exact) mass is 214 g/mol. The number of amidine groups is 1. The third-order valence-corrected chi connectivity index (χ3v) is 2.61. The van der Waals surface area contributed by atoms with Crippen LogP contribution >= 0.6 is 0 Å². The second kappa shape index (κ2) is 3.74. The van der Waals surface area contributed by atoms with Crippen LogP contribution in [0.2, 0.25) is 0 Å². The lowest BCUT2D eigenvalue weighted by molar-refractivity contribution is 0.133. The van der Waals surface area contributed by atoms with Crippen molar-refractivity contribution in [1.82, 2.24) is 5.32 Å². The molecule has 4 nitrogen and oxygen atoms in total. The molecule has 2 aliphatic heterocycles. The third-order valence-electron chi connectivity index (χ3n) is 2.61. The Kier molecular flexibility index (Phi) is 2.24. The van der Waals surface area contributed by atoms with Crippen molar-refractivity contribution < 1.29 is 9.47 Å². The average molecular weight is 214 g/mol. The molecule has 0 aliphatic carbocycles. The largest absolute Gasteiger partial charge is 0.485 e. The summed E-state index contributed by atoms with van der Waals surface area (Å²) in [5, 5.41) is 3.08. The van der Waals surface area contributed by atoms with Crippen molar-refractivity contribution in [3.63, 3.8) is 0 Å². The highest BCUT2D eigenvalue weighted by molar-refractivity contribution is 6.14. The highest BCUT2D eigenvalue weighted by Gasteiger charge is 2.28. The van der Waals surface area contributed by atoms with Crippen molar-refractivity contribution in [3.8, 4) is 11.5 Å². The molecule has 2 radical (unpaired) electrons. The van der Waals surface area contributed by atoms with Gasteiger partial charge < -0.3 is 14.8 Å². The van der Waals surface area contributed by atoms with Crippen LogP contribution < -0.4 is 14.8 Å². The molecule has 1 aromatic carbocycles. The van der Waals surface area contributed by atoms with Crippen molar-refractivity contribution >= 4 is 13.7 Å². The fourth-order valence-corrected chi connectivity index (χ4v) is 1.83. The highest BCUT2D eigenvalue weighted by Crippen LogP contribution is 2.31. The molecule has 0 saturated carbocycles. The molecule has 2 atom stereocenters. The maximum absolute atomic E-state index is 5.79. The van der Waals surface area contributed by atoms with E-state index in [9.17, 15) is 0 Å². The number of nitrogens with one attached hydrogen (secondary N) is 1. The molecule has 0 spiro atoms. The van der Waals surface area contributed by atoms with Crippen LogP contribution in [-0.4, -0.2) is 38.9 Å². The van der Waals surface area contributed by atoms with Gasteiger partial charge in [-0.25, -0.2) is 0 Å². The SMILES string of the molecule is [B]C1CN=C(C2COc3ccccc3O2)N1. The Bertz CT molecular complexity index is 436. The summed E-state index contributed by atoms with van der Waals surface area (Å²) < 4.78 is 11.4. The molecule has 0 saturated heterocycles. The van der Waals surface area contributed by atoms with E-state index in [1.165, 1.54) is 0 Å². The minimum absolute atomic E-state index is 0.101. The van der Waals surface area contributed by atoms with E-state index in [0.717, 1.165) is 17.3 Å². The summed E-state index contributed by atoms with van der Waals surface area (Å²) in [5.74, 6) is 2.21. The molecule has 0 amide bonds. The zero-order valence-electron chi connectivity index (χ0n) is 8.72. The molecular formula is C11H11BN2O2. The topological polar surface area (TPSA) is 42.9 Å². The summed E-state index contributed by atoms with van der Waals surface area (Å²) in [6.07, 6.45) is -0.177. The van der Waals surface area contributed by atoms with Crippen LogP contribution in [0.15, 0.2) is 29.3 Å². The first-order valence-corrected chi connectivity index (χ1v) is 5.28. The van der Waals surface area contributed by atoms with Crippen molar-refractivity contribution in [1.29, 1.82) is 0 Å². The molecule has 0 bridgehead atoms. The van der Waals surface area contributed by atoms with Crippen molar-refractivity contribution in [3.05, 3.63) is 24.3 Å². The van der Waals surface area contributed by atoms with Crippen LogP contribution in [0.5, 0.6) is 11.5 Å². The van der Waals surface area contributed by atoms with Gasteiger partial charge in [0.15, 0.2) is 17.6 Å². The molecule has 5 heteroatoms. The lowest BCUT2D eigenvalue weighted by atomic mass is 9.98. The predicted molar refractivity (Wildman–Crippen MR) is 61.3 cm³/mol. The smallest absolute Gasteiger partial charge is 0.189 e. The molecule has 2 unspecified atom stereocenters. The highest BCUT2D eigenvalue weighted by atomic mass is 16.6. The molecule has 2 heterocycles. The van der Waals surface area contributed by atoms with Gasteiger partial charge in [-0.15, -0.1) is 0 Å². The van der Waals surface area contributed by atoms with E-state index >= 15 is 0 Å². The van der Waals surface area contributed by atoms with Gasteiger partial charge in [-0.3, -0.25) is 4.99 Å². The first-order valence-electron chi connectivity index (χ1n) is 5.28. The third kappa shape index (κ3) is 1.62. The quantitative estimate of drug-likeness (QED) is 0.684. The Balaban J connectivity index is 1.78. The first-order chi connectivity index (χ1) is 7.83. The van der Waals surface area contributed by atoms with E-state index in [0.29, 0.717) is 13.2 Å². The van der Waals surface area contributed by atoms with Gasteiger partial charge in [-0.1, -0.05) is 12.1 Å². The second-order valence-corrected chi connectivity index (χ2v) is 3.84. The number of hydrogen-bond donors (Lipinski definition) is 1. The molecule has 16 heavy (non-hydrogen) atoms. The maximum Gasteiger partial charge on any atom is 0.189 e. The average Bonchev–Trinajstić information content (AvgIpc) is 2.75. The molecule has 0 fully saturated rings. The maximum atomic E-state index is 5.79. The number of fused-ring (bicyclic) bond motifs is 1. The predicted octanol–water partition coefficient (Wildman–Crippen LogP) is 0.323. The van der Waals surface area contributed by atoms with Gasteiger partial charge in [0.05, 0.1) is 6.54 Å². The number of aliphatic imine (C=N–C) groups is 1. The zero-order valence-corrected chi connectivity index (χ0v) is 8.72. The van der Waals surface area contributed by atoms with Gasteiger partial charge in [0.25, 0.3) is 0 Å². The summed E-state index contributed by atoms with van der Waals surface area (Å²) in [7, 11) is 5.70. The standard InChI is InChI=1S/C11H11BN2O2/c12-10-5-13-11(14-10)9-6-15-7-3-1-2-4-8(7)16-9/h1-4,9-10H,5-6H2,(H,13,14). The summed E-state index contributed by atoms with van der Waals surface area (Å²) in [5.41, 5.74) is 0. The summed E-state index contributed by atoms with van der Waals surface area (Å²) in [4.78, 5) is 4.29. The summed E-state index contributed by atoms with van der Waals surface area (Å²) >= 11 is 0. The fraction of sp³-hybridized carbons (Fsp3) is 0.364. The van der Waals surface area contributed by atoms with Crippen LogP contribution in [0.3, 0.4) is 0 Å². The molecule has 0 aromatic heterocycles. The minimum Gasteiger partial charge on any atom is -0.485 e. The fourth-order valence-electron chi connectivity index (χ4n) is 1.83. The van der Waals surface area contributed by atoms with E-state index in [-0.39, 0.29) is 12.0 Å². The Labute approximate surface area is 95.1 Å². The van der Waals surface area contributed by atoms with Crippen molar-refractivity contribution in [2.75, 3.05) is 13.2 Å². The van der Waals surface area contributed by atoms with E-state index < -0.39 is 0 Å². The number of benzene rings is 1. The molecule has 3 rings (SSSR count). The molecular weight excluding hydrogens is 203 g/mol. The summed E-state index contributed by atoms with van der Waals surface area (Å²) in [6, 6.07) is 7.61. The minimum atomic E-state index is -0.177. The normalized spacial score (nSPS) is 27.1. The Morgan fingerprint density at radius 3 is 2.88 bits per heavy atom. The number of rotatable bonds is 1. The van der Waals surface area contributed by atoms with E-state index in [1.54, 1.807) is 0 Å². The lowest BCUT2D eigenvalue weighted by Gasteiger charge is -2.26. The number of hydrogen-bond acceptors (Lipinski definition) is 4. The van der Waals surface area contributed by atoms with Gasteiger partial charge >= 0.3 is 0 Å². The number of ether oxygens (including phenoxy) is 2. The van der Waals surface area contributed by atoms with Gasteiger partial charge in [-0.2, -0.15) is 0 Å². The van der Waals surface area contributed by atoms with Crippen LogP contribution in [0.4, 0.5) is 0 Å². The van der Waals surface area contributed by atoms with E-state index in [2.05, 4.69) is 10.3 Å². The van der Waals surface area contributed by atoms with Crippen LogP contribution in [0, 0.1) is 0 Å². The van der Waals surface area contributed by atoms with Gasteiger partial charge in [0, 0.05) is 5.94 Å². The Morgan fingerprint density at radius 1 is 1.31 bits per heavy atom. The number of para-hydroxylation sites is 2. The molecule has 1 aromatic rings. The Hall–Kier alpha value is -1.65. The first kappa shape index (κ1) is 9.57. The Morgan fingerprint density at radius 2 is 2.12 bits per heavy atom. The van der Waals surface area contributed by atoms with Gasteiger partial charge in [0.1, 0.15) is 20.3 Å². The van der Waals surface area contributed by atoms with E-state index in [4.69, 9.17) is 17.3 Å². The van der Waals surface area contributed by atoms with Gasteiger partial charge in [0.2, 0.25) is 0 Å². The van der Waals surface area contributed by atoms with E-state index in [1.807, 2.05) is 24.3 Å². The van der Waals surface area contributed by atoms with Crippen molar-refractivity contribution in [2.45, 2.75) is 12.0 Å². The lowest BCUT2D eigenvalue weighted by Crippen LogP contribution is -2.44. The number of nitrogens with zero attached hydrogens (tertiary/aromatic N) is 1. The van der Waals surface area contributed by atoms with Crippen molar-refractivity contribution in [2.24, 2.45) is 4.99 Å². The zero-order chi connectivity index (χ0) is 11.0. The van der Waals surface area contributed by atoms with Crippen LogP contribution in [0.1, 0.15) is 0 Å². The van der Waals surface area contributed by atoms with Crippen LogP contribution in [-0.2, 0) is 0 Å². The molecule has 2 aliphatic rings. The molecule has 1 N–H and O–H groups in total. The van der Waals surface area contributed by atoms with Gasteiger partial charge in [-0.05, 0) is 12.1 Å². The second-order valence-electron chi connectivity index (χ2n) is 3.84.